The number of rotatable bonds is 2. The summed E-state index contributed by atoms with van der Waals surface area (Å²) in [4.78, 5) is 0. The van der Waals surface area contributed by atoms with Crippen molar-refractivity contribution >= 4 is 5.82 Å². The molecule has 0 radical (unpaired) electrons. The number of benzene rings is 1. The number of aryl methyl sites for hydroxylation is 2. The molecule has 19 heavy (non-hydrogen) atoms. The number of nitrogens with one attached hydrogen (secondary N) is 1. The van der Waals surface area contributed by atoms with E-state index in [0.717, 1.165) is 11.3 Å². The maximum atomic E-state index is 8.54. The van der Waals surface area contributed by atoms with Crippen LogP contribution in [0.1, 0.15) is 22.3 Å². The second-order valence-corrected chi connectivity index (χ2v) is 4.68. The standard InChI is InChI=1S/C15H16N4/c1-9-7-10(2)12(4)15(11(9)3)13-5-6-14(17-8-16)19-18-13/h5-7H,1-4H3,(H,17,19). The fourth-order valence-corrected chi connectivity index (χ4v) is 2.19. The van der Waals surface area contributed by atoms with Crippen LogP contribution < -0.4 is 5.32 Å². The summed E-state index contributed by atoms with van der Waals surface area (Å²) in [6.07, 6.45) is 1.83. The van der Waals surface area contributed by atoms with Crippen LogP contribution in [0.3, 0.4) is 0 Å². The molecule has 0 saturated heterocycles. The molecule has 1 heterocycles. The Kier molecular flexibility index (Phi) is 3.48. The topological polar surface area (TPSA) is 61.6 Å². The maximum absolute atomic E-state index is 8.54. The monoisotopic (exact) mass is 252 g/mol. The zero-order valence-electron chi connectivity index (χ0n) is 11.6. The summed E-state index contributed by atoms with van der Waals surface area (Å²) >= 11 is 0. The van der Waals surface area contributed by atoms with Gasteiger partial charge in [0.15, 0.2) is 12.0 Å². The molecule has 0 fully saturated rings. The number of aromatic nitrogens is 2. The second-order valence-electron chi connectivity index (χ2n) is 4.68. The van der Waals surface area contributed by atoms with Gasteiger partial charge in [-0.3, -0.25) is 5.32 Å². The fraction of sp³-hybridized carbons (Fsp3) is 0.267. The third kappa shape index (κ3) is 2.41. The normalized spacial score (nSPS) is 10.1. The number of anilines is 1. The first-order chi connectivity index (χ1) is 9.04. The van der Waals surface area contributed by atoms with Gasteiger partial charge < -0.3 is 0 Å². The summed E-state index contributed by atoms with van der Waals surface area (Å²) < 4.78 is 0. The molecule has 0 bridgehead atoms. The van der Waals surface area contributed by atoms with Gasteiger partial charge in [0.2, 0.25) is 0 Å². The van der Waals surface area contributed by atoms with Crippen LogP contribution in [0, 0.1) is 39.1 Å². The summed E-state index contributed by atoms with van der Waals surface area (Å²) in [6, 6.07) is 5.84. The van der Waals surface area contributed by atoms with Gasteiger partial charge in [-0.05, 0) is 62.1 Å². The van der Waals surface area contributed by atoms with E-state index in [-0.39, 0.29) is 0 Å². The van der Waals surface area contributed by atoms with Crippen LogP contribution in [0.2, 0.25) is 0 Å². The lowest BCUT2D eigenvalue weighted by Crippen LogP contribution is -1.99. The smallest absolute Gasteiger partial charge is 0.182 e. The molecule has 0 unspecified atom stereocenters. The molecule has 0 atom stereocenters. The highest BCUT2D eigenvalue weighted by atomic mass is 15.2. The van der Waals surface area contributed by atoms with Crippen molar-refractivity contribution in [1.29, 1.82) is 5.26 Å². The Morgan fingerprint density at radius 2 is 1.63 bits per heavy atom. The van der Waals surface area contributed by atoms with Crippen molar-refractivity contribution in [2.75, 3.05) is 5.32 Å². The van der Waals surface area contributed by atoms with E-state index in [1.54, 1.807) is 6.07 Å². The van der Waals surface area contributed by atoms with E-state index in [1.807, 2.05) is 12.3 Å². The van der Waals surface area contributed by atoms with Crippen molar-refractivity contribution in [2.24, 2.45) is 0 Å². The van der Waals surface area contributed by atoms with Crippen LogP contribution in [0.15, 0.2) is 18.2 Å². The highest BCUT2D eigenvalue weighted by Crippen LogP contribution is 2.30. The van der Waals surface area contributed by atoms with Crippen molar-refractivity contribution in [3.05, 3.63) is 40.5 Å². The van der Waals surface area contributed by atoms with Crippen LogP contribution in [0.4, 0.5) is 5.82 Å². The maximum Gasteiger partial charge on any atom is 0.182 e. The molecule has 0 aliphatic carbocycles. The minimum Gasteiger partial charge on any atom is -0.275 e. The van der Waals surface area contributed by atoms with Crippen molar-refractivity contribution in [2.45, 2.75) is 27.7 Å². The molecule has 2 rings (SSSR count). The van der Waals surface area contributed by atoms with Gasteiger partial charge in [-0.15, -0.1) is 10.2 Å². The molecule has 0 aliphatic heterocycles. The molecule has 1 N–H and O–H groups in total. The molecule has 4 heteroatoms. The predicted octanol–water partition coefficient (Wildman–Crippen LogP) is 3.27. The Bertz CT molecular complexity index is 625. The quantitative estimate of drug-likeness (QED) is 0.658. The molecular formula is C15H16N4. The molecule has 4 nitrogen and oxygen atoms in total. The van der Waals surface area contributed by atoms with Crippen LogP contribution in [-0.4, -0.2) is 10.2 Å². The molecule has 2 aromatic rings. The molecule has 0 saturated carbocycles. The van der Waals surface area contributed by atoms with E-state index in [0.29, 0.717) is 5.82 Å². The minimum absolute atomic E-state index is 0.464. The first-order valence-corrected chi connectivity index (χ1v) is 6.11. The third-order valence-corrected chi connectivity index (χ3v) is 3.47. The summed E-state index contributed by atoms with van der Waals surface area (Å²) in [6.45, 7) is 8.40. The van der Waals surface area contributed by atoms with Gasteiger partial charge in [0.25, 0.3) is 0 Å². The Balaban J connectivity index is 2.56. The highest BCUT2D eigenvalue weighted by Gasteiger charge is 2.12. The lowest BCUT2D eigenvalue weighted by Gasteiger charge is -2.14. The zero-order chi connectivity index (χ0) is 14.0. The highest BCUT2D eigenvalue weighted by molar-refractivity contribution is 5.70. The van der Waals surface area contributed by atoms with E-state index in [9.17, 15) is 0 Å². The predicted molar refractivity (Wildman–Crippen MR) is 75.7 cm³/mol. The van der Waals surface area contributed by atoms with Gasteiger partial charge in [-0.1, -0.05) is 6.07 Å². The van der Waals surface area contributed by atoms with E-state index in [4.69, 9.17) is 5.26 Å². The van der Waals surface area contributed by atoms with Crippen molar-refractivity contribution in [1.82, 2.24) is 10.2 Å². The first-order valence-electron chi connectivity index (χ1n) is 6.11. The average molecular weight is 252 g/mol. The summed E-state index contributed by atoms with van der Waals surface area (Å²) in [5.74, 6) is 0.464. The molecule has 0 amide bonds. The Morgan fingerprint density at radius 1 is 1.00 bits per heavy atom. The van der Waals surface area contributed by atoms with Gasteiger partial charge in [0.1, 0.15) is 0 Å². The summed E-state index contributed by atoms with van der Waals surface area (Å²) in [7, 11) is 0. The summed E-state index contributed by atoms with van der Waals surface area (Å²) in [5, 5.41) is 19.2. The lowest BCUT2D eigenvalue weighted by molar-refractivity contribution is 1.04. The van der Waals surface area contributed by atoms with Crippen molar-refractivity contribution < 1.29 is 0 Å². The SMILES string of the molecule is Cc1cc(C)c(C)c(-c2ccc(NC#N)nn2)c1C. The van der Waals surface area contributed by atoms with Gasteiger partial charge in [-0.25, -0.2) is 0 Å². The number of hydrogen-bond donors (Lipinski definition) is 1. The van der Waals surface area contributed by atoms with Gasteiger partial charge in [0.05, 0.1) is 5.69 Å². The Labute approximate surface area is 113 Å². The minimum atomic E-state index is 0.464. The summed E-state index contributed by atoms with van der Waals surface area (Å²) in [5.41, 5.74) is 6.91. The Hall–Kier alpha value is -2.41. The second kappa shape index (κ2) is 5.07. The first kappa shape index (κ1) is 13.0. The largest absolute Gasteiger partial charge is 0.275 e. The zero-order valence-corrected chi connectivity index (χ0v) is 11.6. The van der Waals surface area contributed by atoms with Crippen LogP contribution in [0.25, 0.3) is 11.3 Å². The molecular weight excluding hydrogens is 236 g/mol. The third-order valence-electron chi connectivity index (χ3n) is 3.47. The molecule has 1 aromatic carbocycles. The van der Waals surface area contributed by atoms with E-state index in [2.05, 4.69) is 49.3 Å². The van der Waals surface area contributed by atoms with Gasteiger partial charge >= 0.3 is 0 Å². The van der Waals surface area contributed by atoms with Crippen molar-refractivity contribution in [3.8, 4) is 17.5 Å². The van der Waals surface area contributed by atoms with Crippen LogP contribution in [0.5, 0.6) is 0 Å². The van der Waals surface area contributed by atoms with Crippen LogP contribution >= 0.6 is 0 Å². The fourth-order valence-electron chi connectivity index (χ4n) is 2.19. The molecule has 1 aromatic heterocycles. The van der Waals surface area contributed by atoms with Crippen LogP contribution in [-0.2, 0) is 0 Å². The van der Waals surface area contributed by atoms with E-state index in [1.165, 1.54) is 22.3 Å². The van der Waals surface area contributed by atoms with E-state index >= 15 is 0 Å². The molecule has 0 spiro atoms. The lowest BCUT2D eigenvalue weighted by atomic mass is 9.92. The number of nitriles is 1. The van der Waals surface area contributed by atoms with Gasteiger partial charge in [-0.2, -0.15) is 5.26 Å². The Morgan fingerprint density at radius 3 is 2.11 bits per heavy atom. The number of nitrogens with zero attached hydrogens (tertiary/aromatic N) is 3. The van der Waals surface area contributed by atoms with Gasteiger partial charge in [0, 0.05) is 5.56 Å². The van der Waals surface area contributed by atoms with E-state index < -0.39 is 0 Å². The average Bonchev–Trinajstić information content (AvgIpc) is 2.39. The molecule has 96 valence electrons. The number of hydrogen-bond acceptors (Lipinski definition) is 4. The molecule has 0 aliphatic rings. The van der Waals surface area contributed by atoms with Crippen molar-refractivity contribution in [3.63, 3.8) is 0 Å².